The number of methoxy groups -OCH3 is 1. The first-order valence-corrected chi connectivity index (χ1v) is 11.3. The van der Waals surface area contributed by atoms with Crippen LogP contribution < -0.4 is 15.4 Å². The van der Waals surface area contributed by atoms with E-state index < -0.39 is 10.8 Å². The highest BCUT2D eigenvalue weighted by atomic mass is 32.1. The molecule has 0 aliphatic carbocycles. The van der Waals surface area contributed by atoms with E-state index in [1.165, 1.54) is 30.6 Å². The van der Waals surface area contributed by atoms with E-state index in [0.717, 1.165) is 39.4 Å². The van der Waals surface area contributed by atoms with Gasteiger partial charge in [-0.05, 0) is 55.0 Å². The van der Waals surface area contributed by atoms with Gasteiger partial charge in [-0.25, -0.2) is 0 Å². The van der Waals surface area contributed by atoms with Gasteiger partial charge in [0, 0.05) is 29.3 Å². The van der Waals surface area contributed by atoms with Crippen molar-refractivity contribution in [3.05, 3.63) is 63.5 Å². The second kappa shape index (κ2) is 9.49. The fraction of sp³-hybridized carbons (Fsp3) is 0.190. The van der Waals surface area contributed by atoms with Crippen LogP contribution in [0.4, 0.5) is 11.4 Å². The van der Waals surface area contributed by atoms with Gasteiger partial charge in [-0.3, -0.25) is 20.2 Å². The largest absolute Gasteiger partial charge is 0.490 e. The molecular weight excluding hydrogens is 478 g/mol. The van der Waals surface area contributed by atoms with Crippen molar-refractivity contribution in [3.63, 3.8) is 0 Å². The Hall–Kier alpha value is -3.97. The third kappa shape index (κ3) is 4.56. The van der Waals surface area contributed by atoms with Crippen LogP contribution in [0.5, 0.6) is 5.75 Å². The molecule has 0 aliphatic heterocycles. The van der Waals surface area contributed by atoms with Gasteiger partial charge in [-0.15, -0.1) is 10.2 Å². The van der Waals surface area contributed by atoms with Crippen molar-refractivity contribution in [1.29, 1.82) is 0 Å². The number of hydrogen-bond donors (Lipinski definition) is 2. The number of amides is 1. The van der Waals surface area contributed by atoms with E-state index in [2.05, 4.69) is 25.9 Å². The number of nitro benzene ring substituents is 1. The van der Waals surface area contributed by atoms with Crippen LogP contribution >= 0.6 is 23.6 Å². The number of nitro groups is 1. The summed E-state index contributed by atoms with van der Waals surface area (Å²) in [6.07, 6.45) is 0.735. The molecule has 2 heterocycles. The van der Waals surface area contributed by atoms with Crippen molar-refractivity contribution < 1.29 is 14.5 Å². The first-order chi connectivity index (χ1) is 16.3. The lowest BCUT2D eigenvalue weighted by molar-refractivity contribution is -0.385. The first-order valence-electron chi connectivity index (χ1n) is 10.1. The first kappa shape index (κ1) is 23.2. The number of nitrogens with zero attached hydrogens (tertiary/aromatic N) is 5. The Bertz CT molecular complexity index is 1430. The molecule has 2 N–H and O–H groups in total. The van der Waals surface area contributed by atoms with Gasteiger partial charge in [-0.2, -0.15) is 9.61 Å². The van der Waals surface area contributed by atoms with E-state index >= 15 is 0 Å². The minimum Gasteiger partial charge on any atom is -0.490 e. The number of hydrogen-bond acceptors (Lipinski definition) is 9. The molecule has 1 amide bonds. The second-order valence-electron chi connectivity index (χ2n) is 7.15. The molecule has 0 fully saturated rings. The van der Waals surface area contributed by atoms with Crippen LogP contribution in [0.1, 0.15) is 28.7 Å². The van der Waals surface area contributed by atoms with Gasteiger partial charge in [0.05, 0.1) is 12.0 Å². The van der Waals surface area contributed by atoms with E-state index in [1.54, 1.807) is 4.52 Å². The fourth-order valence-corrected chi connectivity index (χ4v) is 4.29. The number of aryl methyl sites for hydroxylation is 2. The monoisotopic (exact) mass is 497 g/mol. The minimum absolute atomic E-state index is 0.0608. The van der Waals surface area contributed by atoms with E-state index in [4.69, 9.17) is 17.0 Å². The maximum absolute atomic E-state index is 12.5. The molecule has 0 spiro atoms. The molecule has 0 unspecified atom stereocenters. The van der Waals surface area contributed by atoms with Gasteiger partial charge in [0.25, 0.3) is 5.91 Å². The summed E-state index contributed by atoms with van der Waals surface area (Å²) in [5.74, 6) is 0.286. The lowest BCUT2D eigenvalue weighted by Crippen LogP contribution is -2.34. The Morgan fingerprint density at radius 3 is 2.74 bits per heavy atom. The molecule has 0 saturated heterocycles. The van der Waals surface area contributed by atoms with Crippen LogP contribution in [0.25, 0.3) is 15.5 Å². The molecule has 11 nitrogen and oxygen atoms in total. The summed E-state index contributed by atoms with van der Waals surface area (Å²) >= 11 is 6.71. The summed E-state index contributed by atoms with van der Waals surface area (Å²) in [5, 5.41) is 30.4. The van der Waals surface area contributed by atoms with E-state index in [1.807, 2.05) is 32.0 Å². The zero-order valence-electron chi connectivity index (χ0n) is 18.4. The van der Waals surface area contributed by atoms with Crippen LogP contribution in [0.15, 0.2) is 36.4 Å². The smallest absolute Gasteiger partial charge is 0.311 e. The minimum atomic E-state index is -0.614. The molecule has 13 heteroatoms. The van der Waals surface area contributed by atoms with Gasteiger partial charge in [-0.1, -0.05) is 18.3 Å². The molecule has 4 aromatic rings. The van der Waals surface area contributed by atoms with Crippen LogP contribution in [-0.4, -0.2) is 42.9 Å². The lowest BCUT2D eigenvalue weighted by Gasteiger charge is -2.12. The molecule has 0 radical (unpaired) electrons. The van der Waals surface area contributed by atoms with Gasteiger partial charge >= 0.3 is 5.69 Å². The molecule has 34 heavy (non-hydrogen) atoms. The number of thiocarbonyl (C=S) groups is 1. The summed E-state index contributed by atoms with van der Waals surface area (Å²) in [7, 11) is 1.32. The van der Waals surface area contributed by atoms with E-state index in [9.17, 15) is 14.9 Å². The van der Waals surface area contributed by atoms with Gasteiger partial charge in [0.15, 0.2) is 16.7 Å². The summed E-state index contributed by atoms with van der Waals surface area (Å²) in [6, 6.07) is 9.61. The maximum Gasteiger partial charge on any atom is 0.311 e. The number of benzene rings is 2. The third-order valence-electron chi connectivity index (χ3n) is 4.96. The second-order valence-corrected chi connectivity index (χ2v) is 8.52. The highest BCUT2D eigenvalue weighted by Gasteiger charge is 2.19. The van der Waals surface area contributed by atoms with Crippen molar-refractivity contribution in [2.75, 3.05) is 12.4 Å². The van der Waals surface area contributed by atoms with Crippen molar-refractivity contribution in [2.45, 2.75) is 20.3 Å². The predicted molar refractivity (Wildman–Crippen MR) is 132 cm³/mol. The Morgan fingerprint density at radius 1 is 1.26 bits per heavy atom. The molecule has 0 atom stereocenters. The number of anilines is 1. The number of ether oxygens (including phenoxy) is 1. The van der Waals surface area contributed by atoms with E-state index in [-0.39, 0.29) is 22.1 Å². The number of rotatable bonds is 6. The lowest BCUT2D eigenvalue weighted by atomic mass is 10.1. The average Bonchev–Trinajstić information content (AvgIpc) is 3.40. The zero-order chi connectivity index (χ0) is 24.4. The summed E-state index contributed by atoms with van der Waals surface area (Å²) in [5.41, 5.74) is 2.28. The quantitative estimate of drug-likeness (QED) is 0.232. The Labute approximate surface area is 202 Å². The Kier molecular flexibility index (Phi) is 6.47. The predicted octanol–water partition coefficient (Wildman–Crippen LogP) is 3.77. The molecular formula is C21H19N7O4S2. The summed E-state index contributed by atoms with van der Waals surface area (Å²) in [4.78, 5) is 23.8. The van der Waals surface area contributed by atoms with Gasteiger partial charge in [0.2, 0.25) is 4.96 Å². The zero-order valence-corrected chi connectivity index (χ0v) is 20.0. The van der Waals surface area contributed by atoms with Crippen LogP contribution in [0.3, 0.4) is 0 Å². The molecule has 2 aromatic carbocycles. The molecule has 4 rings (SSSR count). The number of nitrogens with one attached hydrogen (secondary N) is 2. The number of carbonyl (C=O) groups excluding carboxylic acids is 1. The standard InChI is InChI=1S/C21H19N7O4S2/c1-4-17-24-25-21-27(17)26-19(34-21)13-5-7-14(11(2)9-13)22-20(33)23-18(29)12-6-8-16(32-3)15(10-12)28(30)31/h5-10H,4H2,1-3H3,(H2,22,23,29,33). The molecule has 2 aromatic heterocycles. The molecule has 0 bridgehead atoms. The number of carbonyl (C=O) groups is 1. The van der Waals surface area contributed by atoms with Crippen LogP contribution in [0.2, 0.25) is 0 Å². The van der Waals surface area contributed by atoms with Crippen LogP contribution in [-0.2, 0) is 6.42 Å². The Morgan fingerprint density at radius 2 is 2.06 bits per heavy atom. The molecule has 0 saturated carbocycles. The van der Waals surface area contributed by atoms with E-state index in [0.29, 0.717) is 5.69 Å². The highest BCUT2D eigenvalue weighted by Crippen LogP contribution is 2.29. The SMILES string of the molecule is CCc1nnc2sc(-c3ccc(NC(=S)NC(=O)c4ccc(OC)c([N+](=O)[O-])c4)c(C)c3)nn12. The number of aromatic nitrogens is 4. The summed E-state index contributed by atoms with van der Waals surface area (Å²) < 4.78 is 6.70. The van der Waals surface area contributed by atoms with Crippen molar-refractivity contribution in [2.24, 2.45) is 0 Å². The van der Waals surface area contributed by atoms with Crippen molar-refractivity contribution >= 4 is 50.9 Å². The Balaban J connectivity index is 1.47. The third-order valence-corrected chi connectivity index (χ3v) is 6.11. The normalized spacial score (nSPS) is 10.8. The van der Waals surface area contributed by atoms with Gasteiger partial charge in [0.1, 0.15) is 5.01 Å². The van der Waals surface area contributed by atoms with Crippen molar-refractivity contribution in [3.8, 4) is 16.3 Å². The highest BCUT2D eigenvalue weighted by molar-refractivity contribution is 7.80. The average molecular weight is 498 g/mol. The molecule has 0 aliphatic rings. The summed E-state index contributed by atoms with van der Waals surface area (Å²) in [6.45, 7) is 3.90. The van der Waals surface area contributed by atoms with Crippen LogP contribution in [0, 0.1) is 17.0 Å². The fourth-order valence-electron chi connectivity index (χ4n) is 3.23. The van der Waals surface area contributed by atoms with Gasteiger partial charge < -0.3 is 10.1 Å². The topological polar surface area (TPSA) is 137 Å². The maximum atomic E-state index is 12.5. The number of fused-ring (bicyclic) bond motifs is 1. The van der Waals surface area contributed by atoms with Crippen molar-refractivity contribution in [1.82, 2.24) is 25.1 Å². The molecule has 174 valence electrons.